The van der Waals surface area contributed by atoms with Crippen molar-refractivity contribution < 1.29 is 29.0 Å². The van der Waals surface area contributed by atoms with Gasteiger partial charge in [-0.25, -0.2) is 4.79 Å². The van der Waals surface area contributed by atoms with Crippen LogP contribution in [0.4, 0.5) is 4.79 Å². The minimum atomic E-state index is -0.968. The fourth-order valence-corrected chi connectivity index (χ4v) is 3.82. The number of carbonyl (C=O) groups is 3. The quantitative estimate of drug-likeness (QED) is 0.589. The number of carbonyl (C=O) groups excluding carboxylic acids is 2. The molecule has 8 nitrogen and oxygen atoms in total. The van der Waals surface area contributed by atoms with Gasteiger partial charge in [0.2, 0.25) is 5.91 Å². The van der Waals surface area contributed by atoms with Crippen molar-refractivity contribution in [1.29, 1.82) is 0 Å². The first-order valence-corrected chi connectivity index (χ1v) is 10.5. The van der Waals surface area contributed by atoms with E-state index in [2.05, 4.69) is 29.6 Å². The van der Waals surface area contributed by atoms with Crippen molar-refractivity contribution in [3.8, 4) is 11.1 Å². The molecule has 170 valence electrons. The fraction of sp³-hybridized carbons (Fsp3) is 0.375. The Hall–Kier alpha value is -3.39. The summed E-state index contributed by atoms with van der Waals surface area (Å²) in [7, 11) is 2.99. The number of fused-ring (bicyclic) bond motifs is 3. The number of nitrogens with zero attached hydrogens (tertiary/aromatic N) is 1. The highest BCUT2D eigenvalue weighted by molar-refractivity contribution is 5.79. The Morgan fingerprint density at radius 3 is 2.22 bits per heavy atom. The molecular formula is C24H28N2O6. The molecule has 2 amide bonds. The van der Waals surface area contributed by atoms with Crippen molar-refractivity contribution in [3.05, 3.63) is 59.7 Å². The summed E-state index contributed by atoms with van der Waals surface area (Å²) in [6.07, 6.45) is -1.23. The van der Waals surface area contributed by atoms with E-state index in [-0.39, 0.29) is 44.4 Å². The van der Waals surface area contributed by atoms with Gasteiger partial charge in [0.25, 0.3) is 0 Å². The first kappa shape index (κ1) is 23.3. The summed E-state index contributed by atoms with van der Waals surface area (Å²) in [4.78, 5) is 36.5. The fourth-order valence-electron chi connectivity index (χ4n) is 3.82. The third kappa shape index (κ3) is 5.64. The average molecular weight is 440 g/mol. The lowest BCUT2D eigenvalue weighted by atomic mass is 9.98. The standard InChI is InChI=1S/C24H28N2O6/c1-26(12-11-23(28)29)22(27)13-16(31-2)14-25-24(30)32-15-21-19-9-5-3-7-17(19)18-8-4-6-10-20(18)21/h3-10,16,21H,11-15H2,1-2H3,(H,25,30)(H,28,29). The third-order valence-electron chi connectivity index (χ3n) is 5.64. The van der Waals surface area contributed by atoms with E-state index in [1.807, 2.05) is 24.3 Å². The van der Waals surface area contributed by atoms with E-state index in [1.165, 1.54) is 19.1 Å². The van der Waals surface area contributed by atoms with Crippen LogP contribution >= 0.6 is 0 Å². The molecule has 0 saturated heterocycles. The van der Waals surface area contributed by atoms with Gasteiger partial charge in [0.15, 0.2) is 0 Å². The van der Waals surface area contributed by atoms with E-state index < -0.39 is 18.2 Å². The van der Waals surface area contributed by atoms with Crippen molar-refractivity contribution >= 4 is 18.0 Å². The number of rotatable bonds is 10. The van der Waals surface area contributed by atoms with Gasteiger partial charge < -0.3 is 24.8 Å². The van der Waals surface area contributed by atoms with Crippen molar-refractivity contribution in [2.45, 2.75) is 24.9 Å². The van der Waals surface area contributed by atoms with Crippen LogP contribution < -0.4 is 5.32 Å². The molecule has 2 aromatic rings. The van der Waals surface area contributed by atoms with Crippen molar-refractivity contribution in [1.82, 2.24) is 10.2 Å². The van der Waals surface area contributed by atoms with Crippen LogP contribution in [0.5, 0.6) is 0 Å². The maximum atomic E-state index is 12.3. The monoisotopic (exact) mass is 440 g/mol. The average Bonchev–Trinajstić information content (AvgIpc) is 3.12. The van der Waals surface area contributed by atoms with Crippen LogP contribution in [0.3, 0.4) is 0 Å². The van der Waals surface area contributed by atoms with Crippen LogP contribution in [0.15, 0.2) is 48.5 Å². The molecule has 0 spiro atoms. The number of carboxylic acid groups (broad SMARTS) is 1. The van der Waals surface area contributed by atoms with Crippen LogP contribution in [0.2, 0.25) is 0 Å². The summed E-state index contributed by atoms with van der Waals surface area (Å²) < 4.78 is 10.8. The van der Waals surface area contributed by atoms with Gasteiger partial charge in [-0.2, -0.15) is 0 Å². The van der Waals surface area contributed by atoms with E-state index in [0.29, 0.717) is 0 Å². The Balaban J connectivity index is 1.50. The second kappa shape index (κ2) is 10.8. The Labute approximate surface area is 187 Å². The predicted molar refractivity (Wildman–Crippen MR) is 118 cm³/mol. The van der Waals surface area contributed by atoms with Crippen LogP contribution in [0, 0.1) is 0 Å². The largest absolute Gasteiger partial charge is 0.481 e. The summed E-state index contributed by atoms with van der Waals surface area (Å²) in [6.45, 7) is 0.421. The molecule has 8 heteroatoms. The topological polar surface area (TPSA) is 105 Å². The summed E-state index contributed by atoms with van der Waals surface area (Å²) in [5.41, 5.74) is 4.57. The van der Waals surface area contributed by atoms with E-state index in [1.54, 1.807) is 0 Å². The predicted octanol–water partition coefficient (Wildman–Crippen LogP) is 2.86. The smallest absolute Gasteiger partial charge is 0.407 e. The molecule has 0 aliphatic heterocycles. The zero-order valence-electron chi connectivity index (χ0n) is 18.2. The van der Waals surface area contributed by atoms with Gasteiger partial charge in [-0.15, -0.1) is 0 Å². The number of carboxylic acids is 1. The molecule has 32 heavy (non-hydrogen) atoms. The molecule has 3 rings (SSSR count). The van der Waals surface area contributed by atoms with E-state index in [9.17, 15) is 14.4 Å². The number of nitrogens with one attached hydrogen (secondary N) is 1. The second-order valence-corrected chi connectivity index (χ2v) is 7.73. The van der Waals surface area contributed by atoms with Gasteiger partial charge in [-0.05, 0) is 22.3 Å². The Morgan fingerprint density at radius 1 is 1.06 bits per heavy atom. The maximum absolute atomic E-state index is 12.3. The van der Waals surface area contributed by atoms with E-state index >= 15 is 0 Å². The van der Waals surface area contributed by atoms with Crippen LogP contribution in [-0.4, -0.2) is 67.9 Å². The van der Waals surface area contributed by atoms with Crippen molar-refractivity contribution in [2.75, 3.05) is 33.9 Å². The molecule has 2 N–H and O–H groups in total. The molecule has 0 aromatic heterocycles. The molecule has 0 bridgehead atoms. The molecule has 1 aliphatic rings. The molecule has 0 saturated carbocycles. The van der Waals surface area contributed by atoms with Crippen molar-refractivity contribution in [2.24, 2.45) is 0 Å². The lowest BCUT2D eigenvalue weighted by Crippen LogP contribution is -2.38. The van der Waals surface area contributed by atoms with E-state index in [4.69, 9.17) is 14.6 Å². The van der Waals surface area contributed by atoms with Gasteiger partial charge in [0.05, 0.1) is 18.9 Å². The zero-order chi connectivity index (χ0) is 23.1. The second-order valence-electron chi connectivity index (χ2n) is 7.73. The van der Waals surface area contributed by atoms with E-state index in [0.717, 1.165) is 22.3 Å². The summed E-state index contributed by atoms with van der Waals surface area (Å²) in [5.74, 6) is -1.26. The van der Waals surface area contributed by atoms with Crippen LogP contribution in [0.1, 0.15) is 29.9 Å². The minimum Gasteiger partial charge on any atom is -0.481 e. The number of methoxy groups -OCH3 is 1. The molecular weight excluding hydrogens is 412 g/mol. The normalized spacial score (nSPS) is 13.1. The highest BCUT2D eigenvalue weighted by Crippen LogP contribution is 2.44. The lowest BCUT2D eigenvalue weighted by molar-refractivity contribution is -0.138. The molecule has 1 aliphatic carbocycles. The van der Waals surface area contributed by atoms with Gasteiger partial charge in [0.1, 0.15) is 6.61 Å². The molecule has 0 heterocycles. The first-order chi connectivity index (χ1) is 15.4. The van der Waals surface area contributed by atoms with Crippen LogP contribution in [0.25, 0.3) is 11.1 Å². The molecule has 1 unspecified atom stereocenters. The van der Waals surface area contributed by atoms with Gasteiger partial charge in [0, 0.05) is 33.2 Å². The Bertz CT molecular complexity index is 931. The zero-order valence-corrected chi connectivity index (χ0v) is 18.2. The van der Waals surface area contributed by atoms with Crippen molar-refractivity contribution in [3.63, 3.8) is 0 Å². The molecule has 1 atom stereocenters. The number of hydrogen-bond donors (Lipinski definition) is 2. The number of hydrogen-bond acceptors (Lipinski definition) is 5. The SMILES string of the molecule is COC(CNC(=O)OCC1c2ccccc2-c2ccccc21)CC(=O)N(C)CCC(=O)O. The Kier molecular flexibility index (Phi) is 7.83. The minimum absolute atomic E-state index is 0.0241. The highest BCUT2D eigenvalue weighted by Gasteiger charge is 2.29. The summed E-state index contributed by atoms with van der Waals surface area (Å²) in [6, 6.07) is 16.2. The number of ether oxygens (including phenoxy) is 2. The lowest BCUT2D eigenvalue weighted by Gasteiger charge is -2.21. The number of benzene rings is 2. The molecule has 0 fully saturated rings. The highest BCUT2D eigenvalue weighted by atomic mass is 16.5. The molecule has 2 aromatic carbocycles. The van der Waals surface area contributed by atoms with Gasteiger partial charge >= 0.3 is 12.1 Å². The molecule has 0 radical (unpaired) electrons. The van der Waals surface area contributed by atoms with Crippen LogP contribution in [-0.2, 0) is 19.1 Å². The Morgan fingerprint density at radius 2 is 1.66 bits per heavy atom. The van der Waals surface area contributed by atoms with Gasteiger partial charge in [-0.3, -0.25) is 9.59 Å². The third-order valence-corrected chi connectivity index (χ3v) is 5.64. The summed E-state index contributed by atoms with van der Waals surface area (Å²) >= 11 is 0. The maximum Gasteiger partial charge on any atom is 0.407 e. The first-order valence-electron chi connectivity index (χ1n) is 10.5. The van der Waals surface area contributed by atoms with Gasteiger partial charge in [-0.1, -0.05) is 48.5 Å². The number of alkyl carbamates (subject to hydrolysis) is 1. The number of aliphatic carboxylic acids is 1. The summed E-state index contributed by atoms with van der Waals surface area (Å²) in [5, 5.41) is 11.4. The number of amides is 2.